The van der Waals surface area contributed by atoms with Crippen LogP contribution in [0.25, 0.3) is 0 Å². The van der Waals surface area contributed by atoms with E-state index in [1.54, 1.807) is 14.0 Å². The molecule has 1 amide bonds. The van der Waals surface area contributed by atoms with Crippen LogP contribution in [0.4, 0.5) is 0 Å². The van der Waals surface area contributed by atoms with Gasteiger partial charge in [0.05, 0.1) is 12.7 Å². The number of para-hydroxylation sites is 1. The summed E-state index contributed by atoms with van der Waals surface area (Å²) in [6, 6.07) is 7.73. The van der Waals surface area contributed by atoms with Crippen LogP contribution in [-0.2, 0) is 11.2 Å². The Bertz CT molecular complexity index is 523. The van der Waals surface area contributed by atoms with Crippen molar-refractivity contribution in [2.75, 3.05) is 13.7 Å². The van der Waals surface area contributed by atoms with Gasteiger partial charge in [-0.1, -0.05) is 52.3 Å². The molecule has 1 rings (SSSR count). The normalized spacial score (nSPS) is 15.6. The Balaban J connectivity index is 2.74. The van der Waals surface area contributed by atoms with Crippen molar-refractivity contribution < 1.29 is 14.6 Å². The molecule has 1 aromatic carbocycles. The van der Waals surface area contributed by atoms with E-state index in [9.17, 15) is 9.90 Å². The Labute approximate surface area is 140 Å². The lowest BCUT2D eigenvalue weighted by molar-refractivity contribution is -0.131. The maximum Gasteiger partial charge on any atom is 0.226 e. The lowest BCUT2D eigenvalue weighted by Gasteiger charge is -2.32. The van der Waals surface area contributed by atoms with Gasteiger partial charge in [0.15, 0.2) is 0 Å². The molecule has 0 saturated heterocycles. The standard InChI is InChI=1S/C19H31NO3/c1-7-14(2)19(5,22)13-20-17(21)18(3,4)12-15-10-8-9-11-16(15)23-6/h8-11,14,22H,7,12-13H2,1-6H3,(H,20,21). The summed E-state index contributed by atoms with van der Waals surface area (Å²) in [5.41, 5.74) is -0.478. The summed E-state index contributed by atoms with van der Waals surface area (Å²) in [5.74, 6) is 0.854. The SMILES string of the molecule is CCC(C)C(C)(O)CNC(=O)C(C)(C)Cc1ccccc1OC. The lowest BCUT2D eigenvalue weighted by Crippen LogP contribution is -2.48. The molecule has 0 aliphatic heterocycles. The number of ether oxygens (including phenoxy) is 1. The molecule has 4 nitrogen and oxygen atoms in total. The molecular weight excluding hydrogens is 290 g/mol. The molecule has 0 saturated carbocycles. The zero-order chi connectivity index (χ0) is 17.7. The number of carbonyl (C=O) groups excluding carboxylic acids is 1. The Morgan fingerprint density at radius 1 is 1.30 bits per heavy atom. The van der Waals surface area contributed by atoms with Crippen LogP contribution < -0.4 is 10.1 Å². The van der Waals surface area contributed by atoms with Crippen LogP contribution in [0.3, 0.4) is 0 Å². The molecule has 2 unspecified atom stereocenters. The molecular formula is C19H31NO3. The fourth-order valence-electron chi connectivity index (χ4n) is 2.52. The number of benzene rings is 1. The summed E-state index contributed by atoms with van der Waals surface area (Å²) in [5, 5.41) is 13.3. The summed E-state index contributed by atoms with van der Waals surface area (Å²) >= 11 is 0. The number of hydrogen-bond acceptors (Lipinski definition) is 3. The van der Waals surface area contributed by atoms with Gasteiger partial charge in [-0.05, 0) is 30.9 Å². The molecule has 1 aromatic rings. The van der Waals surface area contributed by atoms with Crippen LogP contribution in [0.2, 0.25) is 0 Å². The molecule has 0 spiro atoms. The number of rotatable bonds is 8. The Hall–Kier alpha value is -1.55. The average Bonchev–Trinajstić information content (AvgIpc) is 2.51. The largest absolute Gasteiger partial charge is 0.496 e. The van der Waals surface area contributed by atoms with E-state index >= 15 is 0 Å². The van der Waals surface area contributed by atoms with Crippen molar-refractivity contribution in [1.82, 2.24) is 5.32 Å². The van der Waals surface area contributed by atoms with Gasteiger partial charge in [-0.15, -0.1) is 0 Å². The van der Waals surface area contributed by atoms with Gasteiger partial charge in [0.1, 0.15) is 5.75 Å². The number of amides is 1. The topological polar surface area (TPSA) is 58.6 Å². The third-order valence-electron chi connectivity index (χ3n) is 4.72. The number of methoxy groups -OCH3 is 1. The van der Waals surface area contributed by atoms with Gasteiger partial charge in [0, 0.05) is 12.0 Å². The second-order valence-electron chi connectivity index (χ2n) is 7.22. The van der Waals surface area contributed by atoms with E-state index in [2.05, 4.69) is 5.32 Å². The zero-order valence-electron chi connectivity index (χ0n) is 15.3. The van der Waals surface area contributed by atoms with Crippen molar-refractivity contribution >= 4 is 5.91 Å². The predicted molar refractivity (Wildman–Crippen MR) is 93.6 cm³/mol. The van der Waals surface area contributed by atoms with Crippen molar-refractivity contribution in [3.05, 3.63) is 29.8 Å². The molecule has 0 heterocycles. The van der Waals surface area contributed by atoms with Crippen LogP contribution in [0, 0.1) is 11.3 Å². The minimum absolute atomic E-state index is 0.0630. The highest BCUT2D eigenvalue weighted by molar-refractivity contribution is 5.82. The van der Waals surface area contributed by atoms with Gasteiger partial charge >= 0.3 is 0 Å². The van der Waals surface area contributed by atoms with Crippen molar-refractivity contribution in [3.8, 4) is 5.75 Å². The molecule has 2 N–H and O–H groups in total. The first kappa shape index (κ1) is 19.5. The first-order valence-corrected chi connectivity index (χ1v) is 8.26. The van der Waals surface area contributed by atoms with Crippen molar-refractivity contribution in [1.29, 1.82) is 0 Å². The molecule has 0 bridgehead atoms. The van der Waals surface area contributed by atoms with E-state index in [1.165, 1.54) is 0 Å². The minimum atomic E-state index is -0.898. The van der Waals surface area contributed by atoms with Crippen molar-refractivity contribution in [3.63, 3.8) is 0 Å². The molecule has 0 aliphatic rings. The highest BCUT2D eigenvalue weighted by Gasteiger charge is 2.32. The van der Waals surface area contributed by atoms with E-state index in [0.29, 0.717) is 6.42 Å². The summed E-state index contributed by atoms with van der Waals surface area (Å²) < 4.78 is 5.36. The fraction of sp³-hybridized carbons (Fsp3) is 0.632. The van der Waals surface area contributed by atoms with Crippen LogP contribution >= 0.6 is 0 Å². The van der Waals surface area contributed by atoms with E-state index in [4.69, 9.17) is 4.74 Å². The number of hydrogen-bond donors (Lipinski definition) is 2. The van der Waals surface area contributed by atoms with Crippen LogP contribution in [0.15, 0.2) is 24.3 Å². The second kappa shape index (κ2) is 7.82. The summed E-state index contributed by atoms with van der Waals surface area (Å²) in [7, 11) is 1.63. The second-order valence-corrected chi connectivity index (χ2v) is 7.22. The molecule has 23 heavy (non-hydrogen) atoms. The summed E-state index contributed by atoms with van der Waals surface area (Å²) in [6.45, 7) is 9.88. The minimum Gasteiger partial charge on any atom is -0.496 e. The van der Waals surface area contributed by atoms with Gasteiger partial charge in [-0.3, -0.25) is 4.79 Å². The Kier molecular flexibility index (Phi) is 6.63. The van der Waals surface area contributed by atoms with Crippen LogP contribution in [0.1, 0.15) is 46.6 Å². The molecule has 4 heteroatoms. The third-order valence-corrected chi connectivity index (χ3v) is 4.72. The van der Waals surface area contributed by atoms with Gasteiger partial charge in [0.2, 0.25) is 5.91 Å². The molecule has 0 aromatic heterocycles. The third kappa shape index (κ3) is 5.24. The van der Waals surface area contributed by atoms with Gasteiger partial charge in [-0.2, -0.15) is 0 Å². The van der Waals surface area contributed by atoms with Crippen molar-refractivity contribution in [2.45, 2.75) is 53.1 Å². The van der Waals surface area contributed by atoms with Gasteiger partial charge in [0.25, 0.3) is 0 Å². The highest BCUT2D eigenvalue weighted by atomic mass is 16.5. The molecule has 130 valence electrons. The predicted octanol–water partition coefficient (Wildman–Crippen LogP) is 3.18. The Morgan fingerprint density at radius 2 is 1.91 bits per heavy atom. The van der Waals surface area contributed by atoms with Crippen LogP contribution in [0.5, 0.6) is 5.75 Å². The van der Waals surface area contributed by atoms with Crippen LogP contribution in [-0.4, -0.2) is 30.3 Å². The van der Waals surface area contributed by atoms with E-state index in [-0.39, 0.29) is 18.4 Å². The monoisotopic (exact) mass is 321 g/mol. The smallest absolute Gasteiger partial charge is 0.226 e. The quantitative estimate of drug-likeness (QED) is 0.773. The summed E-state index contributed by atoms with van der Waals surface area (Å²) in [4.78, 5) is 12.6. The molecule has 0 radical (unpaired) electrons. The lowest BCUT2D eigenvalue weighted by atomic mass is 9.83. The van der Waals surface area contributed by atoms with E-state index in [1.807, 2.05) is 52.0 Å². The average molecular weight is 321 g/mol. The maximum absolute atomic E-state index is 12.6. The highest BCUT2D eigenvalue weighted by Crippen LogP contribution is 2.28. The molecule has 2 atom stereocenters. The molecule has 0 fully saturated rings. The number of carbonyl (C=O) groups is 1. The van der Waals surface area contributed by atoms with Crippen molar-refractivity contribution in [2.24, 2.45) is 11.3 Å². The van der Waals surface area contributed by atoms with Gasteiger partial charge in [-0.25, -0.2) is 0 Å². The van der Waals surface area contributed by atoms with E-state index in [0.717, 1.165) is 17.7 Å². The van der Waals surface area contributed by atoms with E-state index < -0.39 is 11.0 Å². The summed E-state index contributed by atoms with van der Waals surface area (Å²) in [6.07, 6.45) is 1.45. The first-order chi connectivity index (χ1) is 10.6. The Morgan fingerprint density at radius 3 is 2.48 bits per heavy atom. The van der Waals surface area contributed by atoms with Gasteiger partial charge < -0.3 is 15.2 Å². The fourth-order valence-corrected chi connectivity index (χ4v) is 2.52. The first-order valence-electron chi connectivity index (χ1n) is 8.26. The number of nitrogens with one attached hydrogen (secondary N) is 1. The molecule has 0 aliphatic carbocycles. The maximum atomic E-state index is 12.6. The zero-order valence-corrected chi connectivity index (χ0v) is 15.3. The number of aliphatic hydroxyl groups is 1.